The number of anilines is 1. The Kier molecular flexibility index (Phi) is 4.43. The van der Waals surface area contributed by atoms with Gasteiger partial charge in [0.05, 0.1) is 10.6 Å². The van der Waals surface area contributed by atoms with Crippen molar-refractivity contribution in [2.75, 3.05) is 4.72 Å². The standard InChI is InChI=1S/C13H13IN2O2S/c14-11-5-7-12(8-6-11)19(17,18)16-13-4-2-1-3-10(13)9-15/h1-8,16H,9,15H2. The van der Waals surface area contributed by atoms with Gasteiger partial charge in [-0.1, -0.05) is 18.2 Å². The van der Waals surface area contributed by atoms with Crippen LogP contribution in [0.15, 0.2) is 53.4 Å². The molecular formula is C13H13IN2O2S. The Labute approximate surface area is 126 Å². The molecule has 0 fully saturated rings. The average Bonchev–Trinajstić information content (AvgIpc) is 2.39. The Morgan fingerprint density at radius 2 is 1.68 bits per heavy atom. The van der Waals surface area contributed by atoms with Gasteiger partial charge in [-0.05, 0) is 58.5 Å². The molecule has 0 saturated heterocycles. The number of sulfonamides is 1. The van der Waals surface area contributed by atoms with Crippen LogP contribution >= 0.6 is 22.6 Å². The quantitative estimate of drug-likeness (QED) is 0.791. The molecule has 4 nitrogen and oxygen atoms in total. The van der Waals surface area contributed by atoms with E-state index in [0.717, 1.165) is 9.13 Å². The van der Waals surface area contributed by atoms with Gasteiger partial charge in [-0.2, -0.15) is 0 Å². The van der Waals surface area contributed by atoms with Gasteiger partial charge in [0, 0.05) is 10.1 Å². The predicted octanol–water partition coefficient (Wildman–Crippen LogP) is 2.55. The van der Waals surface area contributed by atoms with E-state index < -0.39 is 10.0 Å². The molecule has 0 saturated carbocycles. The fourth-order valence-corrected chi connectivity index (χ4v) is 3.08. The molecule has 6 heteroatoms. The fourth-order valence-electron chi connectivity index (χ4n) is 1.62. The van der Waals surface area contributed by atoms with Crippen molar-refractivity contribution in [2.24, 2.45) is 5.73 Å². The largest absolute Gasteiger partial charge is 0.326 e. The van der Waals surface area contributed by atoms with E-state index in [2.05, 4.69) is 27.3 Å². The molecule has 2 rings (SSSR count). The molecule has 0 amide bonds. The number of para-hydroxylation sites is 1. The van der Waals surface area contributed by atoms with Gasteiger partial charge in [0.1, 0.15) is 0 Å². The Balaban J connectivity index is 2.34. The summed E-state index contributed by atoms with van der Waals surface area (Å²) >= 11 is 2.13. The van der Waals surface area contributed by atoms with Crippen LogP contribution in [-0.4, -0.2) is 8.42 Å². The molecule has 0 aliphatic rings. The highest BCUT2D eigenvalue weighted by Gasteiger charge is 2.15. The van der Waals surface area contributed by atoms with Crippen molar-refractivity contribution >= 4 is 38.3 Å². The number of halogens is 1. The summed E-state index contributed by atoms with van der Waals surface area (Å²) in [5, 5.41) is 0. The molecule has 0 heterocycles. The SMILES string of the molecule is NCc1ccccc1NS(=O)(=O)c1ccc(I)cc1. The van der Waals surface area contributed by atoms with E-state index in [0.29, 0.717) is 5.69 Å². The van der Waals surface area contributed by atoms with Crippen molar-refractivity contribution < 1.29 is 8.42 Å². The van der Waals surface area contributed by atoms with Crippen molar-refractivity contribution in [1.29, 1.82) is 0 Å². The minimum atomic E-state index is -3.57. The zero-order chi connectivity index (χ0) is 13.9. The van der Waals surface area contributed by atoms with Crippen LogP contribution < -0.4 is 10.5 Å². The molecule has 0 atom stereocenters. The van der Waals surface area contributed by atoms with E-state index in [1.807, 2.05) is 6.07 Å². The van der Waals surface area contributed by atoms with Crippen molar-refractivity contribution in [1.82, 2.24) is 0 Å². The Morgan fingerprint density at radius 3 is 2.32 bits per heavy atom. The fraction of sp³-hybridized carbons (Fsp3) is 0.0769. The molecule has 0 unspecified atom stereocenters. The van der Waals surface area contributed by atoms with Crippen molar-refractivity contribution in [2.45, 2.75) is 11.4 Å². The first-order valence-corrected chi connectivity index (χ1v) is 8.15. The molecule has 0 aromatic heterocycles. The van der Waals surface area contributed by atoms with Gasteiger partial charge >= 0.3 is 0 Å². The van der Waals surface area contributed by atoms with Crippen molar-refractivity contribution in [3.63, 3.8) is 0 Å². The number of hydrogen-bond donors (Lipinski definition) is 2. The second-order valence-electron chi connectivity index (χ2n) is 3.92. The maximum absolute atomic E-state index is 12.2. The average molecular weight is 388 g/mol. The smallest absolute Gasteiger partial charge is 0.261 e. The number of rotatable bonds is 4. The minimum Gasteiger partial charge on any atom is -0.326 e. The highest BCUT2D eigenvalue weighted by Crippen LogP contribution is 2.20. The lowest BCUT2D eigenvalue weighted by Gasteiger charge is -2.11. The monoisotopic (exact) mass is 388 g/mol. The van der Waals surface area contributed by atoms with Crippen LogP contribution in [0, 0.1) is 3.57 Å². The first-order chi connectivity index (χ1) is 9.03. The molecule has 0 radical (unpaired) electrons. The van der Waals surface area contributed by atoms with Crippen molar-refractivity contribution in [3.05, 3.63) is 57.7 Å². The van der Waals surface area contributed by atoms with E-state index in [4.69, 9.17) is 5.73 Å². The highest BCUT2D eigenvalue weighted by atomic mass is 127. The van der Waals surface area contributed by atoms with Gasteiger partial charge in [-0.25, -0.2) is 8.42 Å². The van der Waals surface area contributed by atoms with Crippen LogP contribution in [-0.2, 0) is 16.6 Å². The molecule has 0 aliphatic carbocycles. The first kappa shape index (κ1) is 14.3. The normalized spacial score (nSPS) is 11.3. The van der Waals surface area contributed by atoms with Gasteiger partial charge < -0.3 is 5.73 Å². The number of nitrogens with two attached hydrogens (primary N) is 1. The topological polar surface area (TPSA) is 72.2 Å². The summed E-state index contributed by atoms with van der Waals surface area (Å²) in [6.07, 6.45) is 0. The van der Waals surface area contributed by atoms with Crippen LogP contribution in [0.1, 0.15) is 5.56 Å². The van der Waals surface area contributed by atoms with Gasteiger partial charge in [-0.3, -0.25) is 4.72 Å². The molecular weight excluding hydrogens is 375 g/mol. The summed E-state index contributed by atoms with van der Waals surface area (Å²) in [5.74, 6) is 0. The van der Waals surface area contributed by atoms with E-state index in [-0.39, 0.29) is 11.4 Å². The van der Waals surface area contributed by atoms with Crippen LogP contribution in [0.25, 0.3) is 0 Å². The summed E-state index contributed by atoms with van der Waals surface area (Å²) in [5.41, 5.74) is 6.87. The number of nitrogens with one attached hydrogen (secondary N) is 1. The van der Waals surface area contributed by atoms with E-state index in [1.165, 1.54) is 0 Å². The molecule has 2 aromatic carbocycles. The molecule has 19 heavy (non-hydrogen) atoms. The first-order valence-electron chi connectivity index (χ1n) is 5.59. The Hall–Kier alpha value is -1.12. The summed E-state index contributed by atoms with van der Waals surface area (Å²) < 4.78 is 28.0. The molecule has 0 aliphatic heterocycles. The van der Waals surface area contributed by atoms with Gasteiger partial charge in [0.25, 0.3) is 10.0 Å². The minimum absolute atomic E-state index is 0.236. The maximum Gasteiger partial charge on any atom is 0.261 e. The number of hydrogen-bond acceptors (Lipinski definition) is 3. The summed E-state index contributed by atoms with van der Waals surface area (Å²) in [6, 6.07) is 13.8. The lowest BCUT2D eigenvalue weighted by Crippen LogP contribution is -2.15. The van der Waals surface area contributed by atoms with E-state index in [1.54, 1.807) is 42.5 Å². The Bertz CT molecular complexity index is 669. The predicted molar refractivity (Wildman–Crippen MR) is 84.3 cm³/mol. The van der Waals surface area contributed by atoms with Crippen LogP contribution in [0.2, 0.25) is 0 Å². The molecule has 3 N–H and O–H groups in total. The molecule has 0 spiro atoms. The summed E-state index contributed by atoms with van der Waals surface area (Å²) in [7, 11) is -3.57. The zero-order valence-corrected chi connectivity index (χ0v) is 13.0. The van der Waals surface area contributed by atoms with E-state index >= 15 is 0 Å². The second kappa shape index (κ2) is 5.89. The molecule has 0 bridgehead atoms. The van der Waals surface area contributed by atoms with Gasteiger partial charge in [0.2, 0.25) is 0 Å². The third-order valence-corrected chi connectivity index (χ3v) is 4.71. The summed E-state index contributed by atoms with van der Waals surface area (Å²) in [6.45, 7) is 0.283. The van der Waals surface area contributed by atoms with Gasteiger partial charge in [0.15, 0.2) is 0 Å². The van der Waals surface area contributed by atoms with Gasteiger partial charge in [-0.15, -0.1) is 0 Å². The lowest BCUT2D eigenvalue weighted by molar-refractivity contribution is 0.601. The second-order valence-corrected chi connectivity index (χ2v) is 6.85. The van der Waals surface area contributed by atoms with Crippen LogP contribution in [0.3, 0.4) is 0 Å². The third kappa shape index (κ3) is 3.46. The Morgan fingerprint density at radius 1 is 1.05 bits per heavy atom. The van der Waals surface area contributed by atoms with Crippen LogP contribution in [0.4, 0.5) is 5.69 Å². The summed E-state index contributed by atoms with van der Waals surface area (Å²) in [4.78, 5) is 0.236. The highest BCUT2D eigenvalue weighted by molar-refractivity contribution is 14.1. The van der Waals surface area contributed by atoms with E-state index in [9.17, 15) is 8.42 Å². The molecule has 2 aromatic rings. The number of benzene rings is 2. The van der Waals surface area contributed by atoms with Crippen LogP contribution in [0.5, 0.6) is 0 Å². The molecule has 100 valence electrons. The zero-order valence-electron chi connectivity index (χ0n) is 10.0. The third-order valence-electron chi connectivity index (χ3n) is 2.61. The van der Waals surface area contributed by atoms with Crippen molar-refractivity contribution in [3.8, 4) is 0 Å². The maximum atomic E-state index is 12.2. The lowest BCUT2D eigenvalue weighted by atomic mass is 10.2.